The topological polar surface area (TPSA) is 66.1 Å². The molecule has 0 saturated carbocycles. The Balaban J connectivity index is 1.88. The van der Waals surface area contributed by atoms with E-state index in [4.69, 9.17) is 0 Å². The smallest absolute Gasteiger partial charge is 0.178 e. The van der Waals surface area contributed by atoms with Crippen LogP contribution in [0.25, 0.3) is 10.9 Å². The first-order valence-corrected chi connectivity index (χ1v) is 10.6. The van der Waals surface area contributed by atoms with Crippen LogP contribution >= 0.6 is 0 Å². The standard InChI is InChI=1S/C18H27N3O2S/c1-3-4-5-12-24(22,23)15-6-7-17-16(13-15)18(20-19-17)14-8-10-21(2)11-9-14/h6-7,13-14H,3-5,8-12H2,1-2H3,(H,19,20). The fourth-order valence-corrected chi connectivity index (χ4v) is 4.86. The second-order valence-corrected chi connectivity index (χ2v) is 9.03. The monoisotopic (exact) mass is 349 g/mol. The summed E-state index contributed by atoms with van der Waals surface area (Å²) in [4.78, 5) is 2.76. The molecule has 3 rings (SSSR count). The Morgan fingerprint density at radius 2 is 2.00 bits per heavy atom. The van der Waals surface area contributed by atoms with Gasteiger partial charge in [0.15, 0.2) is 9.84 Å². The van der Waals surface area contributed by atoms with Gasteiger partial charge in [-0.3, -0.25) is 5.10 Å². The van der Waals surface area contributed by atoms with Crippen LogP contribution in [0.3, 0.4) is 0 Å². The molecule has 0 aliphatic carbocycles. The molecule has 1 N–H and O–H groups in total. The summed E-state index contributed by atoms with van der Waals surface area (Å²) in [7, 11) is -1.07. The average molecular weight is 350 g/mol. The van der Waals surface area contributed by atoms with E-state index in [2.05, 4.69) is 29.1 Å². The molecule has 0 amide bonds. The average Bonchev–Trinajstić information content (AvgIpc) is 2.99. The lowest BCUT2D eigenvalue weighted by Gasteiger charge is -2.28. The van der Waals surface area contributed by atoms with Gasteiger partial charge in [-0.25, -0.2) is 8.42 Å². The third kappa shape index (κ3) is 3.64. The molecular formula is C18H27N3O2S. The minimum atomic E-state index is -3.21. The summed E-state index contributed by atoms with van der Waals surface area (Å²) in [5.74, 6) is 0.664. The van der Waals surface area contributed by atoms with E-state index in [1.165, 1.54) is 0 Å². The Morgan fingerprint density at radius 3 is 2.71 bits per heavy atom. The number of hydrogen-bond donors (Lipinski definition) is 1. The van der Waals surface area contributed by atoms with E-state index in [9.17, 15) is 8.42 Å². The largest absolute Gasteiger partial charge is 0.306 e. The number of likely N-dealkylation sites (tertiary alicyclic amines) is 1. The van der Waals surface area contributed by atoms with Crippen LogP contribution in [-0.4, -0.2) is 49.4 Å². The highest BCUT2D eigenvalue weighted by molar-refractivity contribution is 7.91. The van der Waals surface area contributed by atoms with Gasteiger partial charge in [-0.15, -0.1) is 0 Å². The van der Waals surface area contributed by atoms with Crippen molar-refractivity contribution in [3.8, 4) is 0 Å². The summed E-state index contributed by atoms with van der Waals surface area (Å²) < 4.78 is 25.1. The van der Waals surface area contributed by atoms with E-state index in [1.807, 2.05) is 12.1 Å². The van der Waals surface area contributed by atoms with Crippen LogP contribution in [-0.2, 0) is 9.84 Å². The molecule has 24 heavy (non-hydrogen) atoms. The molecule has 2 heterocycles. The predicted octanol–water partition coefficient (Wildman–Crippen LogP) is 3.34. The number of rotatable bonds is 6. The molecule has 1 fully saturated rings. The minimum absolute atomic E-state index is 0.230. The van der Waals surface area contributed by atoms with Crippen molar-refractivity contribution in [2.45, 2.75) is 49.8 Å². The van der Waals surface area contributed by atoms with E-state index in [1.54, 1.807) is 6.07 Å². The van der Waals surface area contributed by atoms with Crippen LogP contribution < -0.4 is 0 Å². The second kappa shape index (κ2) is 7.23. The van der Waals surface area contributed by atoms with E-state index in [0.29, 0.717) is 10.8 Å². The fourth-order valence-electron chi connectivity index (χ4n) is 3.47. The maximum atomic E-state index is 12.6. The lowest BCUT2D eigenvalue weighted by atomic mass is 9.92. The highest BCUT2D eigenvalue weighted by atomic mass is 32.2. The highest BCUT2D eigenvalue weighted by Gasteiger charge is 2.23. The van der Waals surface area contributed by atoms with E-state index >= 15 is 0 Å². The van der Waals surface area contributed by atoms with E-state index in [0.717, 1.165) is 61.8 Å². The zero-order valence-electron chi connectivity index (χ0n) is 14.6. The first kappa shape index (κ1) is 17.4. The quantitative estimate of drug-likeness (QED) is 0.812. The summed E-state index contributed by atoms with van der Waals surface area (Å²) >= 11 is 0. The van der Waals surface area contributed by atoms with Crippen LogP contribution in [0.1, 0.15) is 50.6 Å². The third-order valence-electron chi connectivity index (χ3n) is 5.06. The summed E-state index contributed by atoms with van der Waals surface area (Å²) in [6.07, 6.45) is 4.87. The van der Waals surface area contributed by atoms with Crippen LogP contribution in [0.4, 0.5) is 0 Å². The molecule has 0 radical (unpaired) electrons. The normalized spacial score (nSPS) is 17.6. The van der Waals surface area contributed by atoms with Crippen molar-refractivity contribution in [2.75, 3.05) is 25.9 Å². The molecule has 0 unspecified atom stereocenters. The SMILES string of the molecule is CCCCCS(=O)(=O)c1ccc2n[nH]c(C3CCN(C)CC3)c2c1. The molecule has 1 aliphatic rings. The molecule has 6 heteroatoms. The van der Waals surface area contributed by atoms with Crippen molar-refractivity contribution in [1.82, 2.24) is 15.1 Å². The number of sulfone groups is 1. The van der Waals surface area contributed by atoms with Crippen molar-refractivity contribution in [2.24, 2.45) is 0 Å². The molecule has 0 spiro atoms. The van der Waals surface area contributed by atoms with Crippen molar-refractivity contribution in [3.63, 3.8) is 0 Å². The van der Waals surface area contributed by atoms with Crippen molar-refractivity contribution >= 4 is 20.7 Å². The van der Waals surface area contributed by atoms with Crippen LogP contribution in [0.5, 0.6) is 0 Å². The molecule has 2 aromatic rings. The Kier molecular flexibility index (Phi) is 5.25. The number of aromatic amines is 1. The van der Waals surface area contributed by atoms with Crippen molar-refractivity contribution < 1.29 is 8.42 Å². The first-order valence-electron chi connectivity index (χ1n) is 8.90. The van der Waals surface area contributed by atoms with Gasteiger partial charge in [0.1, 0.15) is 0 Å². The van der Waals surface area contributed by atoms with Gasteiger partial charge in [0.25, 0.3) is 0 Å². The maximum absolute atomic E-state index is 12.6. The summed E-state index contributed by atoms with van der Waals surface area (Å²) in [5.41, 5.74) is 1.96. The number of unbranched alkanes of at least 4 members (excludes halogenated alkanes) is 2. The Bertz CT molecular complexity index is 790. The fraction of sp³-hybridized carbons (Fsp3) is 0.611. The number of fused-ring (bicyclic) bond motifs is 1. The second-order valence-electron chi connectivity index (χ2n) is 6.92. The molecule has 132 valence electrons. The van der Waals surface area contributed by atoms with Crippen LogP contribution in [0.2, 0.25) is 0 Å². The molecule has 1 aliphatic heterocycles. The van der Waals surface area contributed by atoms with Gasteiger partial charge in [-0.2, -0.15) is 5.10 Å². The number of benzene rings is 1. The number of aromatic nitrogens is 2. The number of nitrogens with one attached hydrogen (secondary N) is 1. The highest BCUT2D eigenvalue weighted by Crippen LogP contribution is 2.32. The Labute approximate surface area is 144 Å². The van der Waals surface area contributed by atoms with Gasteiger partial charge in [0.05, 0.1) is 16.2 Å². The van der Waals surface area contributed by atoms with Gasteiger partial charge in [0, 0.05) is 17.0 Å². The number of H-pyrrole nitrogens is 1. The number of piperidine rings is 1. The maximum Gasteiger partial charge on any atom is 0.178 e. The predicted molar refractivity (Wildman–Crippen MR) is 97.1 cm³/mol. The minimum Gasteiger partial charge on any atom is -0.306 e. The van der Waals surface area contributed by atoms with E-state index < -0.39 is 9.84 Å². The van der Waals surface area contributed by atoms with Crippen molar-refractivity contribution in [1.29, 1.82) is 0 Å². The van der Waals surface area contributed by atoms with Crippen LogP contribution in [0.15, 0.2) is 23.1 Å². The molecular weight excluding hydrogens is 322 g/mol. The van der Waals surface area contributed by atoms with E-state index in [-0.39, 0.29) is 5.75 Å². The molecule has 1 aromatic carbocycles. The van der Waals surface area contributed by atoms with Gasteiger partial charge < -0.3 is 4.90 Å². The number of hydrogen-bond acceptors (Lipinski definition) is 4. The Morgan fingerprint density at radius 1 is 1.25 bits per heavy atom. The Hall–Kier alpha value is -1.40. The molecule has 5 nitrogen and oxygen atoms in total. The van der Waals surface area contributed by atoms with Gasteiger partial charge in [-0.05, 0) is 57.6 Å². The molecule has 1 saturated heterocycles. The molecule has 0 atom stereocenters. The zero-order valence-corrected chi connectivity index (χ0v) is 15.4. The zero-order chi connectivity index (χ0) is 17.2. The lowest BCUT2D eigenvalue weighted by Crippen LogP contribution is -2.29. The van der Waals surface area contributed by atoms with Gasteiger partial charge in [-0.1, -0.05) is 19.8 Å². The van der Waals surface area contributed by atoms with Gasteiger partial charge in [0.2, 0.25) is 0 Å². The van der Waals surface area contributed by atoms with Crippen molar-refractivity contribution in [3.05, 3.63) is 23.9 Å². The molecule has 1 aromatic heterocycles. The summed E-state index contributed by atoms with van der Waals surface area (Å²) in [6, 6.07) is 5.35. The third-order valence-corrected chi connectivity index (χ3v) is 6.86. The lowest BCUT2D eigenvalue weighted by molar-refractivity contribution is 0.254. The summed E-state index contributed by atoms with van der Waals surface area (Å²) in [6.45, 7) is 4.22. The molecule has 0 bridgehead atoms. The number of nitrogens with zero attached hydrogens (tertiary/aromatic N) is 2. The summed E-state index contributed by atoms with van der Waals surface area (Å²) in [5, 5.41) is 8.52. The first-order chi connectivity index (χ1) is 11.5. The van der Waals surface area contributed by atoms with Gasteiger partial charge >= 0.3 is 0 Å². The van der Waals surface area contributed by atoms with Crippen LogP contribution in [0, 0.1) is 0 Å².